The first kappa shape index (κ1) is 9.82. The van der Waals surface area contributed by atoms with Gasteiger partial charge in [-0.05, 0) is 18.2 Å². The number of benzene rings is 1. The van der Waals surface area contributed by atoms with Gasteiger partial charge >= 0.3 is 0 Å². The molecule has 1 rings (SSSR count). The van der Waals surface area contributed by atoms with Crippen molar-refractivity contribution < 1.29 is 13.6 Å². The van der Waals surface area contributed by atoms with Gasteiger partial charge in [0.15, 0.2) is 0 Å². The van der Waals surface area contributed by atoms with Crippen LogP contribution in [0.5, 0.6) is 0 Å². The van der Waals surface area contributed by atoms with E-state index in [0.717, 1.165) is 6.26 Å². The summed E-state index contributed by atoms with van der Waals surface area (Å²) in [5, 5.41) is 9.17. The first-order chi connectivity index (χ1) is 5.91. The molecule has 0 bridgehead atoms. The van der Waals surface area contributed by atoms with Gasteiger partial charge in [-0.3, -0.25) is 5.21 Å². The lowest BCUT2D eigenvalue weighted by Gasteiger charge is -2.13. The van der Waals surface area contributed by atoms with Crippen molar-refractivity contribution in [2.45, 2.75) is 0 Å². The molecule has 0 unspecified atom stereocenters. The van der Waals surface area contributed by atoms with Gasteiger partial charge in [-0.15, -0.1) is 4.47 Å². The molecule has 0 saturated carbocycles. The fraction of sp³-hybridized carbons (Fsp3) is 0.143. The van der Waals surface area contributed by atoms with E-state index in [0.29, 0.717) is 5.69 Å². The van der Waals surface area contributed by atoms with Crippen LogP contribution in [-0.2, 0) is 10.0 Å². The summed E-state index contributed by atoms with van der Waals surface area (Å²) in [6, 6.07) is 5.96. The Morgan fingerprint density at radius 2 is 2.08 bits per heavy atom. The third-order valence-corrected chi connectivity index (χ3v) is 2.24. The topological polar surface area (TPSA) is 83.6 Å². The second-order valence-electron chi connectivity index (χ2n) is 2.60. The molecule has 72 valence electrons. The van der Waals surface area contributed by atoms with Crippen LogP contribution in [0.3, 0.4) is 0 Å². The molecule has 0 radical (unpaired) electrons. The first-order valence-electron chi connectivity index (χ1n) is 3.46. The number of rotatable bonds is 2. The quantitative estimate of drug-likeness (QED) is 0.538. The normalized spacial score (nSPS) is 11.2. The fourth-order valence-electron chi connectivity index (χ4n) is 0.835. The molecule has 0 saturated heterocycles. The van der Waals surface area contributed by atoms with E-state index < -0.39 is 10.0 Å². The Labute approximate surface area is 76.4 Å². The van der Waals surface area contributed by atoms with Crippen LogP contribution in [0.1, 0.15) is 0 Å². The largest absolute Gasteiger partial charge is 0.399 e. The van der Waals surface area contributed by atoms with Gasteiger partial charge in [0.2, 0.25) is 0 Å². The zero-order valence-corrected chi connectivity index (χ0v) is 7.82. The van der Waals surface area contributed by atoms with Gasteiger partial charge in [0.25, 0.3) is 10.0 Å². The highest BCUT2D eigenvalue weighted by Crippen LogP contribution is 2.17. The van der Waals surface area contributed by atoms with Crippen LogP contribution in [0.2, 0.25) is 0 Å². The lowest BCUT2D eigenvalue weighted by molar-refractivity contribution is 0.317. The van der Waals surface area contributed by atoms with E-state index in [4.69, 9.17) is 5.73 Å². The van der Waals surface area contributed by atoms with Crippen LogP contribution in [0, 0.1) is 0 Å². The Bertz CT molecular complexity index is 402. The molecule has 0 aromatic heterocycles. The summed E-state index contributed by atoms with van der Waals surface area (Å²) in [6.07, 6.45) is 0.899. The maximum Gasteiger partial charge on any atom is 0.254 e. The molecule has 3 N–H and O–H groups in total. The van der Waals surface area contributed by atoms with E-state index in [2.05, 4.69) is 0 Å². The minimum absolute atomic E-state index is 0.127. The van der Waals surface area contributed by atoms with Gasteiger partial charge in [0.05, 0.1) is 11.9 Å². The van der Waals surface area contributed by atoms with Crippen LogP contribution >= 0.6 is 0 Å². The Hall–Kier alpha value is -1.27. The summed E-state index contributed by atoms with van der Waals surface area (Å²) in [5.41, 5.74) is 5.92. The third kappa shape index (κ3) is 2.33. The Morgan fingerprint density at radius 1 is 1.46 bits per heavy atom. The second-order valence-corrected chi connectivity index (χ2v) is 4.41. The average molecular weight is 202 g/mol. The molecule has 0 amide bonds. The number of hydrogen-bond acceptors (Lipinski definition) is 4. The lowest BCUT2D eigenvalue weighted by atomic mass is 10.3. The van der Waals surface area contributed by atoms with Gasteiger partial charge in [0, 0.05) is 5.69 Å². The molecule has 1 aromatic rings. The van der Waals surface area contributed by atoms with Crippen molar-refractivity contribution in [3.63, 3.8) is 0 Å². The standard InChI is InChI=1S/C7H10N2O3S/c1-13(11,12)9(10)7-4-2-3-6(8)5-7/h2-5,10H,8H2,1H3. The maximum absolute atomic E-state index is 10.9. The molecule has 0 spiro atoms. The highest BCUT2D eigenvalue weighted by molar-refractivity contribution is 7.91. The summed E-state index contributed by atoms with van der Waals surface area (Å²) in [4.78, 5) is 0. The van der Waals surface area contributed by atoms with Crippen molar-refractivity contribution in [2.24, 2.45) is 0 Å². The van der Waals surface area contributed by atoms with Crippen LogP contribution in [-0.4, -0.2) is 19.9 Å². The van der Waals surface area contributed by atoms with Crippen molar-refractivity contribution in [1.82, 2.24) is 0 Å². The molecule has 0 aliphatic heterocycles. The van der Waals surface area contributed by atoms with Crippen molar-refractivity contribution in [3.05, 3.63) is 24.3 Å². The molecule has 0 atom stereocenters. The third-order valence-electron chi connectivity index (χ3n) is 1.41. The molecule has 13 heavy (non-hydrogen) atoms. The number of nitrogens with two attached hydrogens (primary N) is 1. The predicted molar refractivity (Wildman–Crippen MR) is 50.0 cm³/mol. The van der Waals surface area contributed by atoms with Gasteiger partial charge in [-0.25, -0.2) is 8.42 Å². The molecular formula is C7H10N2O3S. The van der Waals surface area contributed by atoms with Crippen LogP contribution < -0.4 is 10.2 Å². The summed E-state index contributed by atoms with van der Waals surface area (Å²) in [7, 11) is -3.64. The molecule has 0 aliphatic rings. The summed E-state index contributed by atoms with van der Waals surface area (Å²) < 4.78 is 21.9. The predicted octanol–water partition coefficient (Wildman–Crippen LogP) is 0.424. The number of nitrogens with zero attached hydrogens (tertiary/aromatic N) is 1. The maximum atomic E-state index is 10.9. The Morgan fingerprint density at radius 3 is 2.54 bits per heavy atom. The zero-order chi connectivity index (χ0) is 10.1. The molecule has 0 aliphatic carbocycles. The molecule has 6 heteroatoms. The number of sulfonamides is 1. The Balaban J connectivity index is 3.10. The van der Waals surface area contributed by atoms with Crippen molar-refractivity contribution in [3.8, 4) is 0 Å². The van der Waals surface area contributed by atoms with Gasteiger partial charge in [-0.2, -0.15) is 0 Å². The highest BCUT2D eigenvalue weighted by Gasteiger charge is 2.13. The fourth-order valence-corrected chi connectivity index (χ4v) is 1.33. The zero-order valence-electron chi connectivity index (χ0n) is 7.01. The molecule has 0 fully saturated rings. The van der Waals surface area contributed by atoms with E-state index in [-0.39, 0.29) is 10.2 Å². The monoisotopic (exact) mass is 202 g/mol. The van der Waals surface area contributed by atoms with Crippen molar-refractivity contribution in [2.75, 3.05) is 16.5 Å². The van der Waals surface area contributed by atoms with E-state index in [1.54, 1.807) is 12.1 Å². The summed E-state index contributed by atoms with van der Waals surface area (Å²) in [5.74, 6) is 0. The average Bonchev–Trinajstić information content (AvgIpc) is 2.01. The first-order valence-corrected chi connectivity index (χ1v) is 5.31. The molecule has 0 heterocycles. The van der Waals surface area contributed by atoms with E-state index >= 15 is 0 Å². The van der Waals surface area contributed by atoms with E-state index in [9.17, 15) is 13.6 Å². The number of nitrogen functional groups attached to an aromatic ring is 1. The smallest absolute Gasteiger partial charge is 0.254 e. The van der Waals surface area contributed by atoms with Crippen LogP contribution in [0.25, 0.3) is 0 Å². The SMILES string of the molecule is CS(=O)(=O)N(O)c1cccc(N)c1. The van der Waals surface area contributed by atoms with Crippen molar-refractivity contribution in [1.29, 1.82) is 0 Å². The second kappa shape index (κ2) is 3.23. The van der Waals surface area contributed by atoms with Gasteiger partial charge in [-0.1, -0.05) is 6.07 Å². The lowest BCUT2D eigenvalue weighted by Crippen LogP contribution is -2.25. The van der Waals surface area contributed by atoms with Crippen LogP contribution in [0.15, 0.2) is 24.3 Å². The minimum Gasteiger partial charge on any atom is -0.399 e. The van der Waals surface area contributed by atoms with E-state index in [1.807, 2.05) is 0 Å². The Kier molecular flexibility index (Phi) is 2.44. The summed E-state index contributed by atoms with van der Waals surface area (Å²) >= 11 is 0. The molecular weight excluding hydrogens is 192 g/mol. The number of anilines is 2. The minimum atomic E-state index is -3.64. The van der Waals surface area contributed by atoms with Crippen LogP contribution in [0.4, 0.5) is 11.4 Å². The van der Waals surface area contributed by atoms with Crippen molar-refractivity contribution >= 4 is 21.4 Å². The van der Waals surface area contributed by atoms with Gasteiger partial charge < -0.3 is 5.73 Å². The molecule has 5 nitrogen and oxygen atoms in total. The highest BCUT2D eigenvalue weighted by atomic mass is 32.2. The number of hydrogen-bond donors (Lipinski definition) is 2. The molecule has 1 aromatic carbocycles. The van der Waals surface area contributed by atoms with Gasteiger partial charge in [0.1, 0.15) is 0 Å². The summed E-state index contributed by atoms with van der Waals surface area (Å²) in [6.45, 7) is 0. The van der Waals surface area contributed by atoms with E-state index in [1.165, 1.54) is 12.1 Å².